The van der Waals surface area contributed by atoms with Gasteiger partial charge in [0, 0.05) is 10.6 Å². The molecular weight excluding hydrogens is 364 g/mol. The molecule has 1 saturated heterocycles. The standard InChI is InChI=1S/C20H31BClNO4/c1-12-15(21-26-19(6,7)20(8,9)27-21)11-10-14(16(12)22)13(2)23(17(24)25)18(3,4)5/h10-11,13H,1-9H3,(H,24,25). The molecule has 0 aliphatic carbocycles. The maximum Gasteiger partial charge on any atom is 0.495 e. The molecule has 1 fully saturated rings. The Balaban J connectivity index is 2.42. The third-order valence-electron chi connectivity index (χ3n) is 5.73. The number of hydrogen-bond donors (Lipinski definition) is 1. The van der Waals surface area contributed by atoms with E-state index in [-0.39, 0.29) is 6.04 Å². The predicted molar refractivity (Wildman–Crippen MR) is 110 cm³/mol. The Hall–Kier alpha value is -1.24. The second kappa shape index (κ2) is 6.98. The van der Waals surface area contributed by atoms with Crippen LogP contribution in [-0.4, -0.2) is 40.0 Å². The molecule has 1 aromatic rings. The van der Waals surface area contributed by atoms with E-state index in [1.54, 1.807) is 0 Å². The van der Waals surface area contributed by atoms with Gasteiger partial charge in [-0.3, -0.25) is 4.90 Å². The molecule has 1 aliphatic heterocycles. The van der Waals surface area contributed by atoms with Crippen molar-refractivity contribution >= 4 is 30.3 Å². The molecule has 150 valence electrons. The van der Waals surface area contributed by atoms with E-state index < -0.39 is 30.0 Å². The van der Waals surface area contributed by atoms with Gasteiger partial charge >= 0.3 is 13.2 Å². The van der Waals surface area contributed by atoms with Gasteiger partial charge in [-0.2, -0.15) is 0 Å². The molecule has 0 spiro atoms. The first-order valence-electron chi connectivity index (χ1n) is 9.27. The topological polar surface area (TPSA) is 59.0 Å². The summed E-state index contributed by atoms with van der Waals surface area (Å²) in [5.41, 5.74) is 1.06. The maximum absolute atomic E-state index is 11.8. The van der Waals surface area contributed by atoms with Crippen LogP contribution in [0.2, 0.25) is 5.02 Å². The molecule has 1 aliphatic rings. The molecule has 1 unspecified atom stereocenters. The van der Waals surface area contributed by atoms with Crippen LogP contribution in [0.5, 0.6) is 0 Å². The fourth-order valence-corrected chi connectivity index (χ4v) is 3.77. The minimum Gasteiger partial charge on any atom is -0.465 e. The number of rotatable bonds is 3. The highest BCUT2D eigenvalue weighted by molar-refractivity contribution is 6.63. The van der Waals surface area contributed by atoms with Crippen molar-refractivity contribution in [1.29, 1.82) is 0 Å². The van der Waals surface area contributed by atoms with E-state index >= 15 is 0 Å². The molecule has 2 rings (SSSR count). The summed E-state index contributed by atoms with van der Waals surface area (Å²) in [6, 6.07) is 3.42. The molecule has 1 heterocycles. The Morgan fingerprint density at radius 1 is 1.19 bits per heavy atom. The molecule has 0 radical (unpaired) electrons. The quantitative estimate of drug-likeness (QED) is 0.748. The van der Waals surface area contributed by atoms with Gasteiger partial charge in [0.05, 0.1) is 17.2 Å². The third-order valence-corrected chi connectivity index (χ3v) is 6.23. The SMILES string of the molecule is Cc1c(B2OC(C)(C)C(C)(C)O2)ccc(C(C)N(C(=O)O)C(C)(C)C)c1Cl. The molecule has 1 aromatic carbocycles. The molecule has 1 atom stereocenters. The maximum atomic E-state index is 11.8. The molecule has 5 nitrogen and oxygen atoms in total. The van der Waals surface area contributed by atoms with Crippen LogP contribution in [0, 0.1) is 6.92 Å². The Morgan fingerprint density at radius 2 is 1.67 bits per heavy atom. The van der Waals surface area contributed by atoms with Crippen LogP contribution in [0.3, 0.4) is 0 Å². The van der Waals surface area contributed by atoms with Crippen LogP contribution >= 0.6 is 11.6 Å². The minimum absolute atomic E-state index is 0.388. The zero-order chi connectivity index (χ0) is 20.9. The van der Waals surface area contributed by atoms with Gasteiger partial charge in [0.1, 0.15) is 0 Å². The summed E-state index contributed by atoms with van der Waals surface area (Å²) in [5.74, 6) is 0. The van der Waals surface area contributed by atoms with Gasteiger partial charge in [-0.05, 0) is 78.9 Å². The Morgan fingerprint density at radius 3 is 2.07 bits per heavy atom. The van der Waals surface area contributed by atoms with E-state index in [0.717, 1.165) is 16.6 Å². The minimum atomic E-state index is -0.973. The van der Waals surface area contributed by atoms with Crippen LogP contribution in [0.1, 0.15) is 72.6 Å². The van der Waals surface area contributed by atoms with Gasteiger partial charge in [0.25, 0.3) is 0 Å². The second-order valence-corrected chi connectivity index (χ2v) is 9.65. The summed E-state index contributed by atoms with van der Waals surface area (Å²) in [4.78, 5) is 13.2. The van der Waals surface area contributed by atoms with Crippen LogP contribution in [0.15, 0.2) is 12.1 Å². The summed E-state index contributed by atoms with van der Waals surface area (Å²) < 4.78 is 12.3. The summed E-state index contributed by atoms with van der Waals surface area (Å²) in [5, 5.41) is 10.2. The van der Waals surface area contributed by atoms with Crippen molar-refractivity contribution in [2.75, 3.05) is 0 Å². The van der Waals surface area contributed by atoms with E-state index in [1.807, 2.05) is 74.4 Å². The van der Waals surface area contributed by atoms with Gasteiger partial charge in [0.2, 0.25) is 0 Å². The lowest BCUT2D eigenvalue weighted by Crippen LogP contribution is -2.46. The van der Waals surface area contributed by atoms with Gasteiger partial charge in [-0.15, -0.1) is 0 Å². The van der Waals surface area contributed by atoms with Crippen molar-refractivity contribution in [2.45, 2.75) is 85.1 Å². The number of amides is 1. The lowest BCUT2D eigenvalue weighted by atomic mass is 9.75. The average molecular weight is 396 g/mol. The van der Waals surface area contributed by atoms with E-state index in [4.69, 9.17) is 20.9 Å². The first-order valence-corrected chi connectivity index (χ1v) is 9.65. The van der Waals surface area contributed by atoms with E-state index in [1.165, 1.54) is 4.90 Å². The molecule has 0 saturated carbocycles. The van der Waals surface area contributed by atoms with Gasteiger partial charge in [-0.1, -0.05) is 23.7 Å². The highest BCUT2D eigenvalue weighted by Crippen LogP contribution is 2.38. The van der Waals surface area contributed by atoms with Crippen LogP contribution in [0.25, 0.3) is 0 Å². The largest absolute Gasteiger partial charge is 0.495 e. The van der Waals surface area contributed by atoms with Crippen molar-refractivity contribution in [1.82, 2.24) is 4.90 Å². The van der Waals surface area contributed by atoms with Crippen molar-refractivity contribution in [3.63, 3.8) is 0 Å². The average Bonchev–Trinajstić information content (AvgIpc) is 2.67. The molecular formula is C20H31BClNO4. The predicted octanol–water partition coefficient (Wildman–Crippen LogP) is 4.79. The first-order chi connectivity index (χ1) is 12.1. The summed E-state index contributed by atoms with van der Waals surface area (Å²) in [7, 11) is -0.505. The Labute approximate surface area is 168 Å². The second-order valence-electron chi connectivity index (χ2n) is 9.27. The molecule has 0 bridgehead atoms. The zero-order valence-electron chi connectivity index (χ0n) is 17.8. The molecule has 0 aromatic heterocycles. The van der Waals surface area contributed by atoms with Gasteiger partial charge in [-0.25, -0.2) is 4.79 Å². The zero-order valence-corrected chi connectivity index (χ0v) is 18.6. The number of carboxylic acid groups (broad SMARTS) is 1. The van der Waals surface area contributed by atoms with Crippen molar-refractivity contribution in [2.24, 2.45) is 0 Å². The number of nitrogens with zero attached hydrogens (tertiary/aromatic N) is 1. The number of benzene rings is 1. The van der Waals surface area contributed by atoms with Crippen LogP contribution in [0.4, 0.5) is 4.79 Å². The van der Waals surface area contributed by atoms with Crippen molar-refractivity contribution in [3.8, 4) is 0 Å². The van der Waals surface area contributed by atoms with E-state index in [0.29, 0.717) is 5.02 Å². The van der Waals surface area contributed by atoms with Gasteiger partial charge < -0.3 is 14.4 Å². The van der Waals surface area contributed by atoms with E-state index in [2.05, 4.69) is 0 Å². The fraction of sp³-hybridized carbons (Fsp3) is 0.650. The molecule has 1 amide bonds. The number of hydrogen-bond acceptors (Lipinski definition) is 3. The molecule has 7 heteroatoms. The van der Waals surface area contributed by atoms with Crippen molar-refractivity contribution < 1.29 is 19.2 Å². The normalized spacial score (nSPS) is 19.9. The Kier molecular flexibility index (Phi) is 5.70. The lowest BCUT2D eigenvalue weighted by Gasteiger charge is -2.38. The highest BCUT2D eigenvalue weighted by Gasteiger charge is 2.52. The summed E-state index contributed by atoms with van der Waals surface area (Å²) in [6.07, 6.45) is -0.973. The highest BCUT2D eigenvalue weighted by atomic mass is 35.5. The number of halogens is 1. The van der Waals surface area contributed by atoms with Crippen LogP contribution in [-0.2, 0) is 9.31 Å². The number of carbonyl (C=O) groups is 1. The van der Waals surface area contributed by atoms with E-state index in [9.17, 15) is 9.90 Å². The van der Waals surface area contributed by atoms with Gasteiger partial charge in [0.15, 0.2) is 0 Å². The monoisotopic (exact) mass is 395 g/mol. The van der Waals surface area contributed by atoms with Crippen molar-refractivity contribution in [3.05, 3.63) is 28.3 Å². The smallest absolute Gasteiger partial charge is 0.465 e. The summed E-state index contributed by atoms with van der Waals surface area (Å²) >= 11 is 6.68. The Bertz CT molecular complexity index is 726. The first kappa shape index (κ1) is 22.1. The molecule has 1 N–H and O–H groups in total. The summed E-state index contributed by atoms with van der Waals surface area (Å²) in [6.45, 7) is 17.4. The fourth-order valence-electron chi connectivity index (χ4n) is 3.44. The molecule has 27 heavy (non-hydrogen) atoms. The lowest BCUT2D eigenvalue weighted by molar-refractivity contribution is 0.00578. The third kappa shape index (κ3) is 3.98. The van der Waals surface area contributed by atoms with Crippen LogP contribution < -0.4 is 5.46 Å².